The molecule has 0 saturated carbocycles. The van der Waals surface area contributed by atoms with Crippen molar-refractivity contribution in [1.82, 2.24) is 5.43 Å². The molecular formula is C23H20ClN3O4. The highest BCUT2D eigenvalue weighted by Crippen LogP contribution is 2.28. The Morgan fingerprint density at radius 3 is 2.35 bits per heavy atom. The van der Waals surface area contributed by atoms with Crippen molar-refractivity contribution in [2.75, 3.05) is 19.5 Å². The average molecular weight is 438 g/mol. The van der Waals surface area contributed by atoms with Crippen LogP contribution in [0.2, 0.25) is 5.02 Å². The number of nitrogens with zero attached hydrogens (tertiary/aromatic N) is 1. The summed E-state index contributed by atoms with van der Waals surface area (Å²) >= 11 is 6.07. The van der Waals surface area contributed by atoms with Crippen molar-refractivity contribution < 1.29 is 19.1 Å². The van der Waals surface area contributed by atoms with E-state index < -0.39 is 11.8 Å². The van der Waals surface area contributed by atoms with Crippen LogP contribution < -0.4 is 20.2 Å². The molecule has 2 N–H and O–H groups in total. The van der Waals surface area contributed by atoms with Crippen LogP contribution in [0.25, 0.3) is 0 Å². The molecule has 3 aromatic rings. The minimum Gasteiger partial charge on any atom is -0.493 e. The molecule has 0 aliphatic carbocycles. The summed E-state index contributed by atoms with van der Waals surface area (Å²) in [6.45, 7) is 0. The third kappa shape index (κ3) is 5.40. The van der Waals surface area contributed by atoms with Crippen LogP contribution in [0.5, 0.6) is 11.5 Å². The van der Waals surface area contributed by atoms with Gasteiger partial charge in [-0.1, -0.05) is 41.9 Å². The van der Waals surface area contributed by atoms with E-state index in [0.29, 0.717) is 33.3 Å². The Kier molecular flexibility index (Phi) is 7.24. The van der Waals surface area contributed by atoms with E-state index >= 15 is 0 Å². The van der Waals surface area contributed by atoms with Gasteiger partial charge in [-0.2, -0.15) is 5.10 Å². The van der Waals surface area contributed by atoms with Gasteiger partial charge in [0.1, 0.15) is 0 Å². The second-order valence-corrected chi connectivity index (χ2v) is 6.70. The standard InChI is InChI=1S/C23H20ClN3O4/c1-30-20-12-11-15(13-21(20)31-2)22(28)26-19-10-6-4-8-17(19)23(29)27-25-14-16-7-3-5-9-18(16)24/h3-14H,1-2H3,(H,26,28)(H,27,29). The van der Waals surface area contributed by atoms with Crippen molar-refractivity contribution in [2.45, 2.75) is 0 Å². The van der Waals surface area contributed by atoms with Gasteiger partial charge >= 0.3 is 0 Å². The Morgan fingerprint density at radius 1 is 0.903 bits per heavy atom. The lowest BCUT2D eigenvalue weighted by molar-refractivity contribution is 0.0956. The van der Waals surface area contributed by atoms with E-state index in [4.69, 9.17) is 21.1 Å². The Morgan fingerprint density at radius 2 is 1.61 bits per heavy atom. The molecule has 0 spiro atoms. The van der Waals surface area contributed by atoms with Crippen molar-refractivity contribution >= 4 is 35.3 Å². The lowest BCUT2D eigenvalue weighted by Gasteiger charge is -2.12. The minimum absolute atomic E-state index is 0.257. The van der Waals surface area contributed by atoms with Gasteiger partial charge in [-0.3, -0.25) is 9.59 Å². The molecule has 7 nitrogen and oxygen atoms in total. The summed E-state index contributed by atoms with van der Waals surface area (Å²) in [5.74, 6) is 0.0533. The van der Waals surface area contributed by atoms with E-state index in [1.807, 2.05) is 6.07 Å². The molecule has 0 atom stereocenters. The zero-order valence-electron chi connectivity index (χ0n) is 16.9. The quantitative estimate of drug-likeness (QED) is 0.424. The molecule has 0 aliphatic heterocycles. The number of carbonyl (C=O) groups is 2. The Balaban J connectivity index is 1.75. The molecule has 158 valence electrons. The zero-order chi connectivity index (χ0) is 22.2. The Bertz CT molecular complexity index is 1130. The number of rotatable bonds is 7. The molecule has 31 heavy (non-hydrogen) atoms. The average Bonchev–Trinajstić information content (AvgIpc) is 2.80. The molecule has 0 saturated heterocycles. The molecule has 2 amide bonds. The maximum absolute atomic E-state index is 12.7. The van der Waals surface area contributed by atoms with Crippen LogP contribution in [0.4, 0.5) is 5.69 Å². The summed E-state index contributed by atoms with van der Waals surface area (Å²) in [7, 11) is 3.00. The molecule has 3 aromatic carbocycles. The van der Waals surface area contributed by atoms with Crippen molar-refractivity contribution in [3.8, 4) is 11.5 Å². The number of anilines is 1. The number of hydrogen-bond donors (Lipinski definition) is 2. The molecular weight excluding hydrogens is 418 g/mol. The highest BCUT2D eigenvalue weighted by molar-refractivity contribution is 6.33. The monoisotopic (exact) mass is 437 g/mol. The number of hydrogen-bond acceptors (Lipinski definition) is 5. The number of para-hydroxylation sites is 1. The highest BCUT2D eigenvalue weighted by atomic mass is 35.5. The first kappa shape index (κ1) is 21.9. The highest BCUT2D eigenvalue weighted by Gasteiger charge is 2.15. The van der Waals surface area contributed by atoms with E-state index in [1.54, 1.807) is 60.7 Å². The Hall–Kier alpha value is -3.84. The van der Waals surface area contributed by atoms with Gasteiger partial charge in [0, 0.05) is 16.1 Å². The van der Waals surface area contributed by atoms with Gasteiger partial charge in [0.15, 0.2) is 11.5 Å². The van der Waals surface area contributed by atoms with Crippen molar-refractivity contribution in [1.29, 1.82) is 0 Å². The van der Waals surface area contributed by atoms with Gasteiger partial charge in [0.2, 0.25) is 0 Å². The van der Waals surface area contributed by atoms with E-state index in [1.165, 1.54) is 20.4 Å². The number of methoxy groups -OCH3 is 2. The first-order valence-corrected chi connectivity index (χ1v) is 9.61. The molecule has 0 bridgehead atoms. The second-order valence-electron chi connectivity index (χ2n) is 6.29. The molecule has 0 unspecified atom stereocenters. The molecule has 0 aromatic heterocycles. The summed E-state index contributed by atoms with van der Waals surface area (Å²) in [6, 6.07) is 18.5. The molecule has 0 heterocycles. The molecule has 8 heteroatoms. The first-order chi connectivity index (χ1) is 15.0. The summed E-state index contributed by atoms with van der Waals surface area (Å²) in [5.41, 5.74) is 4.06. The number of carbonyl (C=O) groups excluding carboxylic acids is 2. The third-order valence-corrected chi connectivity index (χ3v) is 4.68. The van der Waals surface area contributed by atoms with Crippen LogP contribution in [-0.4, -0.2) is 32.2 Å². The largest absolute Gasteiger partial charge is 0.493 e. The lowest BCUT2D eigenvalue weighted by Crippen LogP contribution is -2.21. The second kappa shape index (κ2) is 10.3. The molecule has 0 aliphatic rings. The van der Waals surface area contributed by atoms with E-state index in [0.717, 1.165) is 0 Å². The van der Waals surface area contributed by atoms with Crippen molar-refractivity contribution in [3.63, 3.8) is 0 Å². The van der Waals surface area contributed by atoms with Gasteiger partial charge < -0.3 is 14.8 Å². The first-order valence-electron chi connectivity index (χ1n) is 9.24. The number of hydrazone groups is 1. The van der Waals surface area contributed by atoms with Crippen LogP contribution in [0.15, 0.2) is 71.8 Å². The van der Waals surface area contributed by atoms with E-state index in [9.17, 15) is 9.59 Å². The smallest absolute Gasteiger partial charge is 0.273 e. The van der Waals surface area contributed by atoms with Gasteiger partial charge in [-0.05, 0) is 36.4 Å². The van der Waals surface area contributed by atoms with Crippen LogP contribution in [0.3, 0.4) is 0 Å². The third-order valence-electron chi connectivity index (χ3n) is 4.34. The number of halogens is 1. The number of benzene rings is 3. The Labute approximate surface area is 184 Å². The van der Waals surface area contributed by atoms with E-state index in [-0.39, 0.29) is 5.56 Å². The van der Waals surface area contributed by atoms with Crippen molar-refractivity contribution in [3.05, 3.63) is 88.4 Å². The van der Waals surface area contributed by atoms with Gasteiger partial charge in [0.25, 0.3) is 11.8 Å². The SMILES string of the molecule is COc1ccc(C(=O)Nc2ccccc2C(=O)NN=Cc2ccccc2Cl)cc1OC. The van der Waals surface area contributed by atoms with Crippen LogP contribution >= 0.6 is 11.6 Å². The van der Waals surface area contributed by atoms with Crippen LogP contribution in [-0.2, 0) is 0 Å². The predicted octanol–water partition coefficient (Wildman–Crippen LogP) is 4.37. The number of ether oxygens (including phenoxy) is 2. The fraction of sp³-hybridized carbons (Fsp3) is 0.0870. The summed E-state index contributed by atoms with van der Waals surface area (Å²) in [5, 5.41) is 7.21. The summed E-state index contributed by atoms with van der Waals surface area (Å²) < 4.78 is 10.4. The van der Waals surface area contributed by atoms with Crippen LogP contribution in [0.1, 0.15) is 26.3 Å². The molecule has 3 rings (SSSR count). The molecule has 0 fully saturated rings. The molecule has 0 radical (unpaired) electrons. The maximum Gasteiger partial charge on any atom is 0.273 e. The van der Waals surface area contributed by atoms with Gasteiger partial charge in [0.05, 0.1) is 31.7 Å². The zero-order valence-corrected chi connectivity index (χ0v) is 17.6. The fourth-order valence-electron chi connectivity index (χ4n) is 2.76. The summed E-state index contributed by atoms with van der Waals surface area (Å²) in [4.78, 5) is 25.3. The van der Waals surface area contributed by atoms with Gasteiger partial charge in [-0.25, -0.2) is 5.43 Å². The normalized spacial score (nSPS) is 10.5. The number of nitrogens with one attached hydrogen (secondary N) is 2. The topological polar surface area (TPSA) is 89.0 Å². The fourth-order valence-corrected chi connectivity index (χ4v) is 2.95. The minimum atomic E-state index is -0.480. The van der Waals surface area contributed by atoms with Crippen LogP contribution in [0, 0.1) is 0 Å². The van der Waals surface area contributed by atoms with E-state index in [2.05, 4.69) is 15.8 Å². The number of amides is 2. The predicted molar refractivity (Wildman–Crippen MR) is 120 cm³/mol. The summed E-state index contributed by atoms with van der Waals surface area (Å²) in [6.07, 6.45) is 1.45. The lowest BCUT2D eigenvalue weighted by atomic mass is 10.1. The van der Waals surface area contributed by atoms with Crippen molar-refractivity contribution in [2.24, 2.45) is 5.10 Å². The maximum atomic E-state index is 12.7. The van der Waals surface area contributed by atoms with Gasteiger partial charge in [-0.15, -0.1) is 0 Å².